The largest absolute Gasteiger partial charge is 0.433 e. The van der Waals surface area contributed by atoms with Gasteiger partial charge >= 0.3 is 12.4 Å². The summed E-state index contributed by atoms with van der Waals surface area (Å²) in [6, 6.07) is 70.7. The van der Waals surface area contributed by atoms with E-state index < -0.39 is 29.4 Å². The Labute approximate surface area is 856 Å². The quantitative estimate of drug-likeness (QED) is 0.0724. The lowest BCUT2D eigenvalue weighted by molar-refractivity contribution is -0.138. The molecule has 17 aromatic rings. The topological polar surface area (TPSA) is 257 Å². The van der Waals surface area contributed by atoms with Crippen molar-refractivity contribution in [1.82, 2.24) is 88.5 Å². The van der Waals surface area contributed by atoms with Crippen molar-refractivity contribution in [3.63, 3.8) is 0 Å². The summed E-state index contributed by atoms with van der Waals surface area (Å²) in [5.74, 6) is -1.66. The van der Waals surface area contributed by atoms with Crippen molar-refractivity contribution < 1.29 is 68.3 Å². The zero-order valence-electron chi connectivity index (χ0n) is 82.0. The van der Waals surface area contributed by atoms with Gasteiger partial charge in [0.1, 0.15) is 23.2 Å². The van der Waals surface area contributed by atoms with Crippen LogP contribution in [0.5, 0.6) is 0 Å². The van der Waals surface area contributed by atoms with Gasteiger partial charge in [0, 0.05) is 220 Å². The fourth-order valence-electron chi connectivity index (χ4n) is 19.0. The van der Waals surface area contributed by atoms with Gasteiger partial charge in [0.2, 0.25) is 0 Å². The first-order valence-electron chi connectivity index (χ1n) is 48.0. The number of alkyl halides is 6. The summed E-state index contributed by atoms with van der Waals surface area (Å²) in [4.78, 5) is 105. The van der Waals surface area contributed by atoms with Crippen molar-refractivity contribution in [2.24, 2.45) is 33.2 Å². The van der Waals surface area contributed by atoms with E-state index in [9.17, 15) is 68.3 Å². The molecule has 754 valence electrons. The van der Waals surface area contributed by atoms with Gasteiger partial charge in [-0.15, -0.1) is 0 Å². The number of carbonyl (C=O) groups excluding carboxylic acids is 6. The average Bonchev–Trinajstić information content (AvgIpc) is 1.63. The van der Waals surface area contributed by atoms with Crippen molar-refractivity contribution >= 4 is 46.7 Å². The predicted molar refractivity (Wildman–Crippen MR) is 545 cm³/mol. The molecule has 8 aromatic heterocycles. The molecular weight excluding hydrogens is 1930 g/mol. The lowest BCUT2D eigenvalue weighted by Crippen LogP contribution is -2.27. The molecule has 0 aliphatic carbocycles. The maximum absolute atomic E-state index is 14.7. The van der Waals surface area contributed by atoms with Gasteiger partial charge in [0.25, 0.3) is 35.4 Å². The fraction of sp³-hybridized carbons (Fsp3) is 0.181. The number of aromatic nitrogens is 12. The molecule has 0 saturated carbocycles. The third kappa shape index (κ3) is 22.2. The van der Waals surface area contributed by atoms with E-state index >= 15 is 0 Å². The average molecular weight is 2020 g/mol. The monoisotopic (exact) mass is 2020 g/mol. The molecule has 7 aliphatic rings. The van der Waals surface area contributed by atoms with Crippen molar-refractivity contribution in [1.29, 1.82) is 0 Å². The molecule has 6 amide bonds. The molecule has 24 rings (SSSR count). The van der Waals surface area contributed by atoms with Crippen molar-refractivity contribution in [3.05, 3.63) is 458 Å². The zero-order chi connectivity index (χ0) is 105. The number of benzene rings is 9. The van der Waals surface area contributed by atoms with Gasteiger partial charge in [0.15, 0.2) is 0 Å². The standard InChI is InChI=1S/C20H14F4N2O.C20H16F3N3O.C20H18FN3O.C20H16FN3O.2C18H16N4O/c21-17-9-12(15-7-8-25-18(15)20(22,23)24)5-6-14(17)11-26-10-13-3-1-2-4-16(13)19(26)27;1-25-10-16(9-24-25)13-6-7-15(18(8-13)20(21,22)23)12-26-11-14-4-2-3-5-17(14)19(26)27;1-13(24-12-15-5-3-4-6-18(15)20(24)25)17-8-7-14(9-19(17)21)16-10-22-23(2)11-16;1-13-9-15(6-8-22-13)14-4-5-16(18(21)10-14)11-24-12-19-17(20(24)25)3-2-7-23-19;1-21-10-15(9-20-21)13-6-7-16(19-8-13)12-22-11-14-4-2-3-5-17(14)18(22)23;1-21-11-15(9-20-21)17-7-6-13(8-19-17)10-22-12-14-4-2-3-5-16(14)18(22)23/h1-7,9H,8,10-11H2;2-10H,11-12H2,1H3;3-11,13H,12H2,1-2H3;2-10H,11-12H2,1H3;2-10H,11-12H2,1H3;2-9,11H,10,12H2,1H3. The van der Waals surface area contributed by atoms with E-state index in [0.29, 0.717) is 96.9 Å². The first-order chi connectivity index (χ1) is 72.2. The molecule has 0 spiro atoms. The van der Waals surface area contributed by atoms with Crippen molar-refractivity contribution in [3.8, 4) is 55.8 Å². The minimum atomic E-state index is -4.58. The molecule has 150 heavy (non-hydrogen) atoms. The predicted octanol–water partition coefficient (Wildman–Crippen LogP) is 21.6. The summed E-state index contributed by atoms with van der Waals surface area (Å²) in [6.45, 7) is 7.95. The second-order valence-electron chi connectivity index (χ2n) is 37.1. The second-order valence-corrected chi connectivity index (χ2v) is 37.1. The van der Waals surface area contributed by atoms with E-state index in [0.717, 1.165) is 118 Å². The minimum Gasteiger partial charge on any atom is -0.330 e. The molecule has 1 atom stereocenters. The maximum atomic E-state index is 14.7. The highest BCUT2D eigenvalue weighted by molar-refractivity contribution is 6.28. The Kier molecular flexibility index (Phi) is 28.9. The Balaban J connectivity index is 0.000000113. The highest BCUT2D eigenvalue weighted by Gasteiger charge is 2.42. The molecule has 0 radical (unpaired) electrons. The number of nitrogens with zero attached hydrogens (tertiary/aromatic N) is 19. The summed E-state index contributed by atoms with van der Waals surface area (Å²) >= 11 is 0. The fourth-order valence-corrected chi connectivity index (χ4v) is 19.0. The molecule has 25 nitrogen and oxygen atoms in total. The van der Waals surface area contributed by atoms with Crippen molar-refractivity contribution in [2.75, 3.05) is 6.54 Å². The Morgan fingerprint density at radius 2 is 0.753 bits per heavy atom. The van der Waals surface area contributed by atoms with Crippen LogP contribution in [0.25, 0.3) is 61.3 Å². The van der Waals surface area contributed by atoms with Crippen molar-refractivity contribution in [2.45, 2.75) is 104 Å². The second kappa shape index (κ2) is 43.0. The SMILES string of the molecule is CC(c1ccc(-c2cnn(C)c2)cc1F)N1Cc2ccccc2C1=O.Cc1cc(-c2ccc(CN3Cc4ncccc4C3=O)c(F)c2)ccn1.Cn1cc(-c2ccc(CN3Cc4ccccc4C3=O)c(C(F)(F)F)c2)cn1.Cn1cc(-c2ccc(CN3Cc4ccccc4C3=O)cn2)cn1.Cn1cc(-c2ccc(CN3Cc4ccccc4C3=O)nc2)cn1.O=C1c2ccccc2CN1Cc1ccc(C2=CCN=C2C(F)(F)F)cc1F. The normalized spacial score (nSPS) is 14.2. The number of pyridine rings is 4. The van der Waals surface area contributed by atoms with Crippen LogP contribution in [0.2, 0.25) is 0 Å². The Morgan fingerprint density at radius 1 is 0.333 bits per heavy atom. The van der Waals surface area contributed by atoms with Crippen LogP contribution >= 0.6 is 0 Å². The highest BCUT2D eigenvalue weighted by Crippen LogP contribution is 2.41. The summed E-state index contributed by atoms with van der Waals surface area (Å²) in [5, 5.41) is 16.4. The highest BCUT2D eigenvalue weighted by atomic mass is 19.4. The molecule has 7 aliphatic heterocycles. The molecule has 1 unspecified atom stereocenters. The van der Waals surface area contributed by atoms with Crippen LogP contribution in [0.1, 0.15) is 159 Å². The van der Waals surface area contributed by atoms with Crippen LogP contribution in [-0.2, 0) is 106 Å². The number of amides is 6. The first kappa shape index (κ1) is 101. The van der Waals surface area contributed by atoms with Crippen LogP contribution in [0.3, 0.4) is 0 Å². The van der Waals surface area contributed by atoms with E-state index in [2.05, 4.69) is 45.3 Å². The number of carbonyl (C=O) groups is 6. The smallest absolute Gasteiger partial charge is 0.330 e. The Bertz CT molecular complexity index is 7960. The van der Waals surface area contributed by atoms with E-state index in [1.54, 1.807) is 116 Å². The third-order valence-electron chi connectivity index (χ3n) is 26.8. The molecule has 9 aromatic carbocycles. The summed E-state index contributed by atoms with van der Waals surface area (Å²) in [5.41, 5.74) is 20.5. The van der Waals surface area contributed by atoms with Crippen LogP contribution in [0.4, 0.5) is 39.5 Å². The molecule has 34 heteroatoms. The Hall–Kier alpha value is -18.0. The van der Waals surface area contributed by atoms with E-state index in [4.69, 9.17) is 0 Å². The molecule has 0 fully saturated rings. The lowest BCUT2D eigenvalue weighted by atomic mass is 9.99. The number of halogens is 9. The molecule has 0 bridgehead atoms. The number of hydrogen-bond donors (Lipinski definition) is 0. The summed E-state index contributed by atoms with van der Waals surface area (Å²) in [7, 11) is 7.31. The number of allylic oxidation sites excluding steroid dienone is 1. The van der Waals surface area contributed by atoms with Crippen LogP contribution in [0, 0.1) is 24.4 Å². The van der Waals surface area contributed by atoms with Crippen LogP contribution < -0.4 is 0 Å². The van der Waals surface area contributed by atoms with Crippen LogP contribution in [-0.4, -0.2) is 142 Å². The number of fused-ring (bicyclic) bond motifs is 6. The van der Waals surface area contributed by atoms with E-state index in [1.165, 1.54) is 57.1 Å². The number of aryl methyl sites for hydroxylation is 5. The van der Waals surface area contributed by atoms with Gasteiger partial charge in [-0.25, -0.2) is 13.2 Å². The van der Waals surface area contributed by atoms with Gasteiger partial charge in [-0.3, -0.25) is 72.4 Å². The van der Waals surface area contributed by atoms with Gasteiger partial charge in [-0.1, -0.05) is 158 Å². The van der Waals surface area contributed by atoms with E-state index in [-0.39, 0.29) is 102 Å². The maximum Gasteiger partial charge on any atom is 0.433 e. The minimum absolute atomic E-state index is 0.0427. The van der Waals surface area contributed by atoms with Crippen LogP contribution in [0.15, 0.2) is 328 Å². The van der Waals surface area contributed by atoms with E-state index in [1.807, 2.05) is 228 Å². The first-order valence-corrected chi connectivity index (χ1v) is 48.0. The molecule has 15 heterocycles. The molecule has 0 N–H and O–H groups in total. The third-order valence-corrected chi connectivity index (χ3v) is 26.8. The zero-order valence-corrected chi connectivity index (χ0v) is 82.0. The number of rotatable bonds is 18. The number of hydrogen-bond acceptors (Lipinski definition) is 15. The summed E-state index contributed by atoms with van der Waals surface area (Å²) < 4.78 is 131. The van der Waals surface area contributed by atoms with Gasteiger partial charge in [-0.2, -0.15) is 46.7 Å². The van der Waals surface area contributed by atoms with Gasteiger partial charge < -0.3 is 29.4 Å². The van der Waals surface area contributed by atoms with Gasteiger partial charge in [0.05, 0.1) is 78.7 Å². The lowest BCUT2D eigenvalue weighted by Gasteiger charge is -2.25. The summed E-state index contributed by atoms with van der Waals surface area (Å²) in [6.07, 6.45) is 13.5. The number of aliphatic imine (C=N–C) groups is 1. The van der Waals surface area contributed by atoms with Gasteiger partial charge in [-0.05, 0) is 172 Å². The molecular formula is C116H96F9N19O6. The Morgan fingerprint density at radius 3 is 1.21 bits per heavy atom. The molecule has 0 saturated heterocycles.